The van der Waals surface area contributed by atoms with Gasteiger partial charge in [0.1, 0.15) is 0 Å². The number of carbonyl (C=O) groups excluding carboxylic acids is 1. The molecule has 0 atom stereocenters. The number of aromatic nitrogens is 1. The Morgan fingerprint density at radius 3 is 3.00 bits per heavy atom. The Bertz CT molecular complexity index is 497. The van der Waals surface area contributed by atoms with Gasteiger partial charge in [0.25, 0.3) is 5.91 Å². The maximum atomic E-state index is 12.1. The first-order chi connectivity index (χ1) is 7.84. The molecule has 0 N–H and O–H groups in total. The zero-order chi connectivity index (χ0) is 11.0. The Morgan fingerprint density at radius 1 is 1.31 bits per heavy atom. The third kappa shape index (κ3) is 1.51. The Balaban J connectivity index is 1.84. The van der Waals surface area contributed by atoms with Crippen molar-refractivity contribution in [3.8, 4) is 0 Å². The van der Waals surface area contributed by atoms with E-state index < -0.39 is 0 Å². The molecule has 1 aliphatic heterocycles. The topological polar surface area (TPSA) is 33.2 Å². The molecule has 0 unspecified atom stereocenters. The van der Waals surface area contributed by atoms with Crippen molar-refractivity contribution in [2.45, 2.75) is 13.1 Å². The molecule has 0 saturated heterocycles. The molecule has 3 heterocycles. The maximum Gasteiger partial charge on any atom is 0.264 e. The number of fused-ring (bicyclic) bond motifs is 1. The molecule has 16 heavy (non-hydrogen) atoms. The molecule has 0 radical (unpaired) electrons. The van der Waals surface area contributed by atoms with E-state index in [1.807, 2.05) is 34.5 Å². The molecule has 0 saturated carbocycles. The number of amides is 1. The van der Waals surface area contributed by atoms with Gasteiger partial charge in [-0.05, 0) is 23.1 Å². The van der Waals surface area contributed by atoms with Crippen molar-refractivity contribution >= 4 is 17.2 Å². The van der Waals surface area contributed by atoms with E-state index in [1.165, 1.54) is 11.3 Å². The summed E-state index contributed by atoms with van der Waals surface area (Å²) in [5, 5.41) is 1.93. The smallest absolute Gasteiger partial charge is 0.264 e. The van der Waals surface area contributed by atoms with E-state index in [4.69, 9.17) is 0 Å². The van der Waals surface area contributed by atoms with Crippen molar-refractivity contribution in [3.63, 3.8) is 0 Å². The van der Waals surface area contributed by atoms with Gasteiger partial charge in [-0.3, -0.25) is 9.78 Å². The highest BCUT2D eigenvalue weighted by molar-refractivity contribution is 7.12. The second-order valence-corrected chi connectivity index (χ2v) is 4.70. The van der Waals surface area contributed by atoms with Crippen LogP contribution in [0.15, 0.2) is 35.8 Å². The van der Waals surface area contributed by atoms with Crippen LogP contribution in [0.2, 0.25) is 0 Å². The van der Waals surface area contributed by atoms with Gasteiger partial charge in [0.05, 0.1) is 17.1 Å². The SMILES string of the molecule is O=C(c1cccs1)N1Cc2cccnc2C1. The number of thiophene rings is 1. The predicted octanol–water partition coefficient (Wildman–Crippen LogP) is 2.30. The lowest BCUT2D eigenvalue weighted by molar-refractivity contribution is 0.0755. The highest BCUT2D eigenvalue weighted by Gasteiger charge is 2.25. The van der Waals surface area contributed by atoms with Gasteiger partial charge in [0.15, 0.2) is 0 Å². The van der Waals surface area contributed by atoms with E-state index in [1.54, 1.807) is 6.20 Å². The van der Waals surface area contributed by atoms with Gasteiger partial charge in [-0.25, -0.2) is 0 Å². The van der Waals surface area contributed by atoms with Crippen molar-refractivity contribution < 1.29 is 4.79 Å². The lowest BCUT2D eigenvalue weighted by atomic mass is 10.2. The van der Waals surface area contributed by atoms with Crippen LogP contribution in [0.1, 0.15) is 20.9 Å². The summed E-state index contributed by atoms with van der Waals surface area (Å²) in [4.78, 5) is 19.0. The minimum absolute atomic E-state index is 0.105. The lowest BCUT2D eigenvalue weighted by Gasteiger charge is -2.13. The Kier molecular flexibility index (Phi) is 2.22. The monoisotopic (exact) mass is 230 g/mol. The summed E-state index contributed by atoms with van der Waals surface area (Å²) in [6.07, 6.45) is 1.78. The Labute approximate surface area is 97.4 Å². The summed E-state index contributed by atoms with van der Waals surface area (Å²) in [6.45, 7) is 1.31. The van der Waals surface area contributed by atoms with E-state index in [0.29, 0.717) is 13.1 Å². The van der Waals surface area contributed by atoms with Crippen molar-refractivity contribution in [3.05, 3.63) is 52.0 Å². The van der Waals surface area contributed by atoms with Crippen LogP contribution in [0, 0.1) is 0 Å². The molecule has 2 aromatic heterocycles. The number of hydrogen-bond donors (Lipinski definition) is 0. The van der Waals surface area contributed by atoms with Gasteiger partial charge in [-0.15, -0.1) is 11.3 Å². The molecular formula is C12H10N2OS. The summed E-state index contributed by atoms with van der Waals surface area (Å²) in [5.74, 6) is 0.105. The van der Waals surface area contributed by atoms with Crippen LogP contribution < -0.4 is 0 Å². The molecule has 3 nitrogen and oxygen atoms in total. The molecule has 1 amide bonds. The summed E-state index contributed by atoms with van der Waals surface area (Å²) in [5.41, 5.74) is 2.18. The quantitative estimate of drug-likeness (QED) is 0.753. The van der Waals surface area contributed by atoms with E-state index in [0.717, 1.165) is 16.1 Å². The number of rotatable bonds is 1. The first-order valence-corrected chi connectivity index (χ1v) is 5.98. The van der Waals surface area contributed by atoms with Gasteiger partial charge in [-0.2, -0.15) is 0 Å². The first-order valence-electron chi connectivity index (χ1n) is 5.10. The molecule has 4 heteroatoms. The number of pyridine rings is 1. The number of nitrogens with zero attached hydrogens (tertiary/aromatic N) is 2. The summed E-state index contributed by atoms with van der Waals surface area (Å²) in [6, 6.07) is 7.71. The van der Waals surface area contributed by atoms with Gasteiger partial charge in [0.2, 0.25) is 0 Å². The van der Waals surface area contributed by atoms with E-state index in [2.05, 4.69) is 4.98 Å². The zero-order valence-electron chi connectivity index (χ0n) is 8.59. The summed E-state index contributed by atoms with van der Waals surface area (Å²) < 4.78 is 0. The molecule has 1 aliphatic rings. The lowest BCUT2D eigenvalue weighted by Crippen LogP contribution is -2.24. The number of carbonyl (C=O) groups is 1. The highest BCUT2D eigenvalue weighted by atomic mass is 32.1. The molecule has 80 valence electrons. The van der Waals surface area contributed by atoms with Gasteiger partial charge >= 0.3 is 0 Å². The van der Waals surface area contributed by atoms with Crippen LogP contribution in [0.25, 0.3) is 0 Å². The summed E-state index contributed by atoms with van der Waals surface area (Å²) in [7, 11) is 0. The van der Waals surface area contributed by atoms with E-state index in [9.17, 15) is 4.79 Å². The van der Waals surface area contributed by atoms with Crippen LogP contribution in [0.5, 0.6) is 0 Å². The second kappa shape index (κ2) is 3.72. The molecule has 0 aromatic carbocycles. The largest absolute Gasteiger partial charge is 0.328 e. The van der Waals surface area contributed by atoms with Crippen molar-refractivity contribution in [2.24, 2.45) is 0 Å². The Hall–Kier alpha value is -1.68. The fourth-order valence-corrected chi connectivity index (χ4v) is 2.59. The zero-order valence-corrected chi connectivity index (χ0v) is 9.41. The van der Waals surface area contributed by atoms with E-state index in [-0.39, 0.29) is 5.91 Å². The molecule has 0 bridgehead atoms. The third-order valence-electron chi connectivity index (χ3n) is 2.71. The van der Waals surface area contributed by atoms with Gasteiger partial charge < -0.3 is 4.90 Å². The fraction of sp³-hybridized carbons (Fsp3) is 0.167. The second-order valence-electron chi connectivity index (χ2n) is 3.75. The third-order valence-corrected chi connectivity index (χ3v) is 3.56. The molecule has 2 aromatic rings. The van der Waals surface area contributed by atoms with Crippen LogP contribution in [0.3, 0.4) is 0 Å². The average molecular weight is 230 g/mol. The fourth-order valence-electron chi connectivity index (χ4n) is 1.90. The van der Waals surface area contributed by atoms with Crippen molar-refractivity contribution in [1.29, 1.82) is 0 Å². The Morgan fingerprint density at radius 2 is 2.25 bits per heavy atom. The van der Waals surface area contributed by atoms with Crippen LogP contribution in [-0.4, -0.2) is 15.8 Å². The first kappa shape index (κ1) is 9.54. The van der Waals surface area contributed by atoms with E-state index >= 15 is 0 Å². The predicted molar refractivity (Wildman–Crippen MR) is 62.1 cm³/mol. The average Bonchev–Trinajstić information content (AvgIpc) is 2.97. The van der Waals surface area contributed by atoms with Gasteiger partial charge in [0, 0.05) is 12.7 Å². The van der Waals surface area contributed by atoms with Gasteiger partial charge in [-0.1, -0.05) is 12.1 Å². The summed E-state index contributed by atoms with van der Waals surface area (Å²) >= 11 is 1.48. The standard InChI is InChI=1S/C12H10N2OS/c15-12(11-4-2-6-16-11)14-7-9-3-1-5-13-10(9)8-14/h1-6H,7-8H2. The maximum absolute atomic E-state index is 12.1. The van der Waals surface area contributed by atoms with Crippen LogP contribution in [0.4, 0.5) is 0 Å². The molecular weight excluding hydrogens is 220 g/mol. The number of hydrogen-bond acceptors (Lipinski definition) is 3. The normalized spacial score (nSPS) is 13.9. The van der Waals surface area contributed by atoms with Crippen LogP contribution in [-0.2, 0) is 13.1 Å². The minimum atomic E-state index is 0.105. The minimum Gasteiger partial charge on any atom is -0.328 e. The highest BCUT2D eigenvalue weighted by Crippen LogP contribution is 2.23. The molecule has 0 fully saturated rings. The molecule has 3 rings (SSSR count). The van der Waals surface area contributed by atoms with Crippen molar-refractivity contribution in [2.75, 3.05) is 0 Å². The molecule has 0 aliphatic carbocycles. The molecule has 0 spiro atoms. The van der Waals surface area contributed by atoms with Crippen molar-refractivity contribution in [1.82, 2.24) is 9.88 Å². The van der Waals surface area contributed by atoms with Crippen LogP contribution >= 0.6 is 11.3 Å².